The fourth-order valence-corrected chi connectivity index (χ4v) is 2.52. The van der Waals surface area contributed by atoms with Crippen molar-refractivity contribution in [3.05, 3.63) is 35.9 Å². The van der Waals surface area contributed by atoms with Crippen LogP contribution in [0.15, 0.2) is 30.3 Å². The lowest BCUT2D eigenvalue weighted by molar-refractivity contribution is -0.121. The standard InChI is InChI=1S/C15H21N3O2/c16-9-12-5-4-8-18(10-12)11-14(19)17-15(20)13-6-2-1-3-7-13/h1-3,6-7,12H,4-5,8-11,16H2,(H,17,19,20). The average molecular weight is 275 g/mol. The van der Waals surface area contributed by atoms with Gasteiger partial charge in [-0.3, -0.25) is 19.8 Å². The minimum atomic E-state index is -0.344. The van der Waals surface area contributed by atoms with E-state index < -0.39 is 0 Å². The first-order valence-corrected chi connectivity index (χ1v) is 7.00. The van der Waals surface area contributed by atoms with Crippen molar-refractivity contribution < 1.29 is 9.59 Å². The summed E-state index contributed by atoms with van der Waals surface area (Å²) in [6, 6.07) is 8.76. The lowest BCUT2D eigenvalue weighted by Gasteiger charge is -2.31. The van der Waals surface area contributed by atoms with E-state index in [-0.39, 0.29) is 18.4 Å². The maximum absolute atomic E-state index is 11.9. The molecule has 1 saturated heterocycles. The van der Waals surface area contributed by atoms with Crippen molar-refractivity contribution in [2.75, 3.05) is 26.2 Å². The second kappa shape index (κ2) is 7.17. The number of carbonyl (C=O) groups is 2. The third kappa shape index (κ3) is 4.15. The van der Waals surface area contributed by atoms with Gasteiger partial charge in [0.05, 0.1) is 6.54 Å². The maximum atomic E-state index is 11.9. The number of hydrogen-bond donors (Lipinski definition) is 2. The maximum Gasteiger partial charge on any atom is 0.257 e. The summed E-state index contributed by atoms with van der Waals surface area (Å²) in [5.74, 6) is -0.138. The Kier molecular flexibility index (Phi) is 5.26. The predicted molar refractivity (Wildman–Crippen MR) is 77.1 cm³/mol. The minimum Gasteiger partial charge on any atom is -0.330 e. The van der Waals surface area contributed by atoms with Gasteiger partial charge in [0.1, 0.15) is 0 Å². The Morgan fingerprint density at radius 3 is 2.75 bits per heavy atom. The van der Waals surface area contributed by atoms with Crippen molar-refractivity contribution in [2.45, 2.75) is 12.8 Å². The van der Waals surface area contributed by atoms with Gasteiger partial charge >= 0.3 is 0 Å². The van der Waals surface area contributed by atoms with Gasteiger partial charge in [-0.2, -0.15) is 0 Å². The number of rotatable bonds is 4. The molecule has 1 aromatic carbocycles. The average Bonchev–Trinajstić information content (AvgIpc) is 2.48. The molecule has 20 heavy (non-hydrogen) atoms. The topological polar surface area (TPSA) is 75.4 Å². The molecule has 1 aliphatic heterocycles. The largest absolute Gasteiger partial charge is 0.330 e. The molecule has 5 heteroatoms. The molecule has 0 radical (unpaired) electrons. The van der Waals surface area contributed by atoms with Crippen molar-refractivity contribution in [3.63, 3.8) is 0 Å². The highest BCUT2D eigenvalue weighted by atomic mass is 16.2. The fraction of sp³-hybridized carbons (Fsp3) is 0.467. The molecule has 0 aliphatic carbocycles. The van der Waals surface area contributed by atoms with E-state index in [1.807, 2.05) is 6.07 Å². The summed E-state index contributed by atoms with van der Waals surface area (Å²) in [5, 5.41) is 2.43. The van der Waals surface area contributed by atoms with Crippen molar-refractivity contribution >= 4 is 11.8 Å². The Labute approximate surface area is 119 Å². The van der Waals surface area contributed by atoms with Crippen LogP contribution in [0.25, 0.3) is 0 Å². The van der Waals surface area contributed by atoms with Gasteiger partial charge in [-0.1, -0.05) is 18.2 Å². The molecule has 1 heterocycles. The number of nitrogens with one attached hydrogen (secondary N) is 1. The number of amides is 2. The number of piperidine rings is 1. The molecular formula is C15H21N3O2. The van der Waals surface area contributed by atoms with Gasteiger partial charge in [-0.25, -0.2) is 0 Å². The molecule has 1 unspecified atom stereocenters. The molecule has 2 rings (SSSR count). The van der Waals surface area contributed by atoms with Crippen LogP contribution in [0, 0.1) is 5.92 Å². The van der Waals surface area contributed by atoms with Crippen LogP contribution in [0.1, 0.15) is 23.2 Å². The number of benzene rings is 1. The zero-order valence-corrected chi connectivity index (χ0v) is 11.5. The first-order valence-electron chi connectivity index (χ1n) is 7.00. The van der Waals surface area contributed by atoms with Gasteiger partial charge in [0, 0.05) is 12.1 Å². The quantitative estimate of drug-likeness (QED) is 0.844. The van der Waals surface area contributed by atoms with E-state index >= 15 is 0 Å². The monoisotopic (exact) mass is 275 g/mol. The molecule has 3 N–H and O–H groups in total. The van der Waals surface area contributed by atoms with E-state index in [1.54, 1.807) is 24.3 Å². The highest BCUT2D eigenvalue weighted by Gasteiger charge is 2.21. The van der Waals surface area contributed by atoms with Crippen LogP contribution in [0.3, 0.4) is 0 Å². The molecule has 0 bridgehead atoms. The Balaban J connectivity index is 1.82. The Morgan fingerprint density at radius 1 is 1.30 bits per heavy atom. The molecule has 0 spiro atoms. The van der Waals surface area contributed by atoms with Crippen molar-refractivity contribution in [1.82, 2.24) is 10.2 Å². The summed E-state index contributed by atoms with van der Waals surface area (Å²) in [7, 11) is 0. The number of imide groups is 1. The molecule has 1 atom stereocenters. The Morgan fingerprint density at radius 2 is 2.05 bits per heavy atom. The Bertz CT molecular complexity index is 461. The highest BCUT2D eigenvalue weighted by molar-refractivity contribution is 6.05. The molecule has 1 aromatic rings. The second-order valence-electron chi connectivity index (χ2n) is 5.22. The molecule has 1 aliphatic rings. The number of hydrogen-bond acceptors (Lipinski definition) is 4. The summed E-state index contributed by atoms with van der Waals surface area (Å²) in [5.41, 5.74) is 6.17. The molecule has 0 saturated carbocycles. The molecule has 0 aromatic heterocycles. The van der Waals surface area contributed by atoms with Crippen LogP contribution in [0.5, 0.6) is 0 Å². The van der Waals surface area contributed by atoms with E-state index in [9.17, 15) is 9.59 Å². The highest BCUT2D eigenvalue weighted by Crippen LogP contribution is 2.14. The normalized spacial score (nSPS) is 19.6. The Hall–Kier alpha value is -1.72. The lowest BCUT2D eigenvalue weighted by atomic mass is 9.98. The lowest BCUT2D eigenvalue weighted by Crippen LogP contribution is -2.45. The van der Waals surface area contributed by atoms with Gasteiger partial charge in [0.15, 0.2) is 0 Å². The summed E-state index contributed by atoms with van der Waals surface area (Å²) in [6.45, 7) is 2.64. The molecule has 108 valence electrons. The zero-order chi connectivity index (χ0) is 14.4. The van der Waals surface area contributed by atoms with Crippen LogP contribution in [-0.4, -0.2) is 42.9 Å². The summed E-state index contributed by atoms with van der Waals surface area (Å²) < 4.78 is 0. The fourth-order valence-electron chi connectivity index (χ4n) is 2.52. The van der Waals surface area contributed by atoms with Gasteiger partial charge in [-0.15, -0.1) is 0 Å². The van der Waals surface area contributed by atoms with E-state index in [0.717, 1.165) is 25.9 Å². The van der Waals surface area contributed by atoms with E-state index in [2.05, 4.69) is 10.2 Å². The SMILES string of the molecule is NCC1CCCN(CC(=O)NC(=O)c2ccccc2)C1. The van der Waals surface area contributed by atoms with Crippen LogP contribution in [-0.2, 0) is 4.79 Å². The van der Waals surface area contributed by atoms with Gasteiger partial charge in [0.25, 0.3) is 5.91 Å². The number of carbonyl (C=O) groups excluding carboxylic acids is 2. The third-order valence-corrected chi connectivity index (χ3v) is 3.59. The first-order chi connectivity index (χ1) is 9.69. The number of likely N-dealkylation sites (tertiary alicyclic amines) is 1. The van der Waals surface area contributed by atoms with Crippen molar-refractivity contribution in [3.8, 4) is 0 Å². The molecule has 1 fully saturated rings. The van der Waals surface area contributed by atoms with Gasteiger partial charge in [0.2, 0.25) is 5.91 Å². The predicted octanol–water partition coefficient (Wildman–Crippen LogP) is 0.614. The number of nitrogens with zero attached hydrogens (tertiary/aromatic N) is 1. The van der Waals surface area contributed by atoms with Crippen LogP contribution < -0.4 is 11.1 Å². The number of nitrogens with two attached hydrogens (primary N) is 1. The molecular weight excluding hydrogens is 254 g/mol. The van der Waals surface area contributed by atoms with Gasteiger partial charge in [-0.05, 0) is 44.0 Å². The van der Waals surface area contributed by atoms with E-state index in [4.69, 9.17) is 5.73 Å². The van der Waals surface area contributed by atoms with Crippen LogP contribution >= 0.6 is 0 Å². The summed E-state index contributed by atoms with van der Waals surface area (Å²) >= 11 is 0. The van der Waals surface area contributed by atoms with E-state index in [0.29, 0.717) is 18.0 Å². The smallest absolute Gasteiger partial charge is 0.257 e. The second-order valence-corrected chi connectivity index (χ2v) is 5.22. The molecule has 5 nitrogen and oxygen atoms in total. The third-order valence-electron chi connectivity index (χ3n) is 3.59. The van der Waals surface area contributed by atoms with Crippen LogP contribution in [0.4, 0.5) is 0 Å². The van der Waals surface area contributed by atoms with Crippen molar-refractivity contribution in [1.29, 1.82) is 0 Å². The van der Waals surface area contributed by atoms with E-state index in [1.165, 1.54) is 0 Å². The van der Waals surface area contributed by atoms with Gasteiger partial charge < -0.3 is 5.73 Å². The zero-order valence-electron chi connectivity index (χ0n) is 11.5. The van der Waals surface area contributed by atoms with Crippen LogP contribution in [0.2, 0.25) is 0 Å². The summed E-state index contributed by atoms with van der Waals surface area (Å²) in [6.07, 6.45) is 2.18. The first kappa shape index (κ1) is 14.7. The van der Waals surface area contributed by atoms with Crippen molar-refractivity contribution in [2.24, 2.45) is 11.7 Å². The molecule has 2 amide bonds. The summed E-state index contributed by atoms with van der Waals surface area (Å²) in [4.78, 5) is 25.8. The minimum absolute atomic E-state index is 0.253.